The lowest BCUT2D eigenvalue weighted by atomic mass is 10.1. The van der Waals surface area contributed by atoms with E-state index in [4.69, 9.17) is 4.98 Å². The minimum Gasteiger partial charge on any atom is -0.352 e. The Hall–Kier alpha value is -4.66. The van der Waals surface area contributed by atoms with Crippen molar-refractivity contribution in [2.45, 2.75) is 13.1 Å². The minimum absolute atomic E-state index is 0.727. The third-order valence-corrected chi connectivity index (χ3v) is 7.53. The molecule has 0 atom stereocenters. The number of rotatable bonds is 7. The average molecular weight is 514 g/mol. The number of nitrogens with zero attached hydrogens (tertiary/aromatic N) is 4. The number of fused-ring (bicyclic) bond motifs is 2. The van der Waals surface area contributed by atoms with Gasteiger partial charge in [0.05, 0.1) is 34.8 Å². The maximum absolute atomic E-state index is 4.69. The Morgan fingerprint density at radius 1 is 0.763 bits per heavy atom. The highest BCUT2D eigenvalue weighted by atomic mass is 32.1. The molecule has 0 aliphatic rings. The standard InChI is InChI=1S/C30H23N7S/c1-2-5-19(6-3-1)12-31-13-20-9-21(15-32-14-20)25-11-23-28(18-34-25)36-37-30(23)26-10-22-24(29-7-4-8-38-29)16-33-17-27(22)35-26/h1-11,14-18,31,35H,12-13H2,(H,36,37). The summed E-state index contributed by atoms with van der Waals surface area (Å²) in [7, 11) is 0. The van der Waals surface area contributed by atoms with Crippen LogP contribution in [0.2, 0.25) is 0 Å². The molecule has 6 aromatic heterocycles. The zero-order chi connectivity index (χ0) is 25.3. The van der Waals surface area contributed by atoms with Crippen molar-refractivity contribution in [1.29, 1.82) is 0 Å². The van der Waals surface area contributed by atoms with Gasteiger partial charge in [0, 0.05) is 58.5 Å². The zero-order valence-corrected chi connectivity index (χ0v) is 21.2. The molecule has 6 heterocycles. The Balaban J connectivity index is 1.20. The van der Waals surface area contributed by atoms with Crippen molar-refractivity contribution in [3.8, 4) is 33.1 Å². The minimum atomic E-state index is 0.727. The van der Waals surface area contributed by atoms with Crippen molar-refractivity contribution >= 4 is 33.1 Å². The number of benzene rings is 1. The van der Waals surface area contributed by atoms with Crippen LogP contribution in [0.15, 0.2) is 97.0 Å². The van der Waals surface area contributed by atoms with E-state index in [1.165, 1.54) is 10.4 Å². The maximum atomic E-state index is 4.69. The van der Waals surface area contributed by atoms with E-state index in [0.29, 0.717) is 0 Å². The Morgan fingerprint density at radius 2 is 1.66 bits per heavy atom. The molecule has 0 aliphatic carbocycles. The van der Waals surface area contributed by atoms with E-state index in [2.05, 4.69) is 90.4 Å². The molecule has 0 aliphatic heterocycles. The van der Waals surface area contributed by atoms with E-state index in [0.717, 1.165) is 68.7 Å². The van der Waals surface area contributed by atoms with Gasteiger partial charge in [0.25, 0.3) is 0 Å². The van der Waals surface area contributed by atoms with Crippen molar-refractivity contribution in [2.75, 3.05) is 0 Å². The van der Waals surface area contributed by atoms with Gasteiger partial charge in [0.15, 0.2) is 0 Å². The summed E-state index contributed by atoms with van der Waals surface area (Å²) in [5.74, 6) is 0. The number of H-pyrrole nitrogens is 2. The molecular weight excluding hydrogens is 490 g/mol. The molecule has 0 saturated carbocycles. The molecule has 0 unspecified atom stereocenters. The van der Waals surface area contributed by atoms with Crippen molar-refractivity contribution in [1.82, 2.24) is 35.5 Å². The predicted molar refractivity (Wildman–Crippen MR) is 153 cm³/mol. The Kier molecular flexibility index (Phi) is 5.73. The van der Waals surface area contributed by atoms with E-state index < -0.39 is 0 Å². The number of hydrogen-bond acceptors (Lipinski definition) is 6. The Morgan fingerprint density at radius 3 is 2.55 bits per heavy atom. The van der Waals surface area contributed by atoms with E-state index in [-0.39, 0.29) is 0 Å². The fourth-order valence-corrected chi connectivity index (χ4v) is 5.51. The third kappa shape index (κ3) is 4.26. The van der Waals surface area contributed by atoms with Crippen LogP contribution in [0.1, 0.15) is 11.1 Å². The fraction of sp³-hybridized carbons (Fsp3) is 0.0667. The van der Waals surface area contributed by atoms with Gasteiger partial charge < -0.3 is 10.3 Å². The summed E-state index contributed by atoms with van der Waals surface area (Å²) in [5.41, 5.74) is 8.96. The molecule has 0 fully saturated rings. The van der Waals surface area contributed by atoms with Crippen LogP contribution in [-0.2, 0) is 13.1 Å². The number of aromatic amines is 2. The molecule has 1 aromatic carbocycles. The van der Waals surface area contributed by atoms with Gasteiger partial charge in [-0.3, -0.25) is 20.1 Å². The van der Waals surface area contributed by atoms with Crippen LogP contribution in [0.4, 0.5) is 0 Å². The van der Waals surface area contributed by atoms with Gasteiger partial charge >= 0.3 is 0 Å². The Labute approximate surface area is 222 Å². The van der Waals surface area contributed by atoms with Crippen LogP contribution < -0.4 is 5.32 Å². The summed E-state index contributed by atoms with van der Waals surface area (Å²) in [6.45, 7) is 1.53. The highest BCUT2D eigenvalue weighted by Gasteiger charge is 2.15. The molecule has 0 spiro atoms. The highest BCUT2D eigenvalue weighted by Crippen LogP contribution is 2.35. The monoisotopic (exact) mass is 513 g/mol. The van der Waals surface area contributed by atoms with E-state index in [1.807, 2.05) is 37.1 Å². The van der Waals surface area contributed by atoms with Crippen molar-refractivity contribution in [2.24, 2.45) is 0 Å². The molecular formula is C30H23N7S. The molecule has 7 aromatic rings. The molecule has 0 amide bonds. The first kappa shape index (κ1) is 22.5. The first-order valence-corrected chi connectivity index (χ1v) is 13.2. The van der Waals surface area contributed by atoms with E-state index >= 15 is 0 Å². The van der Waals surface area contributed by atoms with Crippen molar-refractivity contribution in [3.63, 3.8) is 0 Å². The molecule has 184 valence electrons. The lowest BCUT2D eigenvalue weighted by molar-refractivity contribution is 0.691. The number of pyridine rings is 3. The molecule has 0 radical (unpaired) electrons. The Bertz CT molecular complexity index is 1850. The van der Waals surface area contributed by atoms with Crippen LogP contribution in [-0.4, -0.2) is 30.1 Å². The van der Waals surface area contributed by atoms with Crippen LogP contribution in [0.25, 0.3) is 54.9 Å². The van der Waals surface area contributed by atoms with Crippen LogP contribution in [0.5, 0.6) is 0 Å². The predicted octanol–water partition coefficient (Wildman–Crippen LogP) is 6.58. The third-order valence-electron chi connectivity index (χ3n) is 6.63. The first-order valence-electron chi connectivity index (χ1n) is 12.4. The number of nitrogens with one attached hydrogen (secondary N) is 3. The van der Waals surface area contributed by atoms with Crippen LogP contribution in [0, 0.1) is 0 Å². The number of aromatic nitrogens is 6. The molecule has 3 N–H and O–H groups in total. The summed E-state index contributed by atoms with van der Waals surface area (Å²) in [6.07, 6.45) is 9.37. The van der Waals surface area contributed by atoms with Gasteiger partial charge in [-0.15, -0.1) is 11.3 Å². The van der Waals surface area contributed by atoms with Gasteiger partial charge in [-0.2, -0.15) is 5.10 Å². The summed E-state index contributed by atoms with van der Waals surface area (Å²) in [5, 5.41) is 15.5. The van der Waals surface area contributed by atoms with Crippen LogP contribution in [0.3, 0.4) is 0 Å². The second kappa shape index (κ2) is 9.66. The van der Waals surface area contributed by atoms with Gasteiger partial charge in [-0.1, -0.05) is 36.4 Å². The lowest BCUT2D eigenvalue weighted by Crippen LogP contribution is -2.12. The van der Waals surface area contributed by atoms with E-state index in [9.17, 15) is 0 Å². The smallest absolute Gasteiger partial charge is 0.116 e. The largest absolute Gasteiger partial charge is 0.352 e. The van der Waals surface area contributed by atoms with Crippen LogP contribution >= 0.6 is 11.3 Å². The molecule has 7 nitrogen and oxygen atoms in total. The van der Waals surface area contributed by atoms with Crippen molar-refractivity contribution < 1.29 is 0 Å². The second-order valence-corrected chi connectivity index (χ2v) is 10.1. The quantitative estimate of drug-likeness (QED) is 0.224. The molecule has 7 rings (SSSR count). The summed E-state index contributed by atoms with van der Waals surface area (Å²) in [6, 6.07) is 20.9. The lowest BCUT2D eigenvalue weighted by Gasteiger charge is -2.07. The molecule has 0 bridgehead atoms. The molecule has 0 saturated heterocycles. The van der Waals surface area contributed by atoms with Gasteiger partial charge in [-0.05, 0) is 40.8 Å². The summed E-state index contributed by atoms with van der Waals surface area (Å²) < 4.78 is 0. The second-order valence-electron chi connectivity index (χ2n) is 9.17. The zero-order valence-electron chi connectivity index (χ0n) is 20.3. The fourth-order valence-electron chi connectivity index (χ4n) is 4.76. The van der Waals surface area contributed by atoms with Gasteiger partial charge in [-0.25, -0.2) is 0 Å². The summed E-state index contributed by atoms with van der Waals surface area (Å²) in [4.78, 5) is 18.3. The van der Waals surface area contributed by atoms with E-state index in [1.54, 1.807) is 11.3 Å². The molecule has 8 heteroatoms. The van der Waals surface area contributed by atoms with Crippen molar-refractivity contribution in [3.05, 3.63) is 108 Å². The average Bonchev–Trinajstić information content (AvgIpc) is 3.73. The first-order chi connectivity index (χ1) is 18.8. The topological polar surface area (TPSA) is 95.2 Å². The number of thiophene rings is 1. The van der Waals surface area contributed by atoms with Gasteiger partial charge in [0.2, 0.25) is 0 Å². The molecule has 38 heavy (non-hydrogen) atoms. The van der Waals surface area contributed by atoms with Gasteiger partial charge in [0.1, 0.15) is 5.69 Å². The number of hydrogen-bond donors (Lipinski definition) is 3. The summed E-state index contributed by atoms with van der Waals surface area (Å²) >= 11 is 1.71. The highest BCUT2D eigenvalue weighted by molar-refractivity contribution is 7.13. The maximum Gasteiger partial charge on any atom is 0.116 e. The normalized spacial score (nSPS) is 11.5. The SMILES string of the molecule is c1ccc(CNCc2cncc(-c3cc4c(-c5cc6c(-c7cccs7)cncc6[nH]5)n[nH]c4cn3)c2)cc1.